The molecule has 0 bridgehead atoms. The van der Waals surface area contributed by atoms with Gasteiger partial charge in [0.05, 0.1) is 6.10 Å². The van der Waals surface area contributed by atoms with Crippen LogP contribution in [0.1, 0.15) is 49.5 Å². The molecule has 2 unspecified atom stereocenters. The third kappa shape index (κ3) is 5.58. The maximum Gasteiger partial charge on any atom is 0.251 e. The molecule has 1 aliphatic heterocycles. The lowest BCUT2D eigenvalue weighted by Gasteiger charge is -2.31. The number of rotatable bonds is 8. The summed E-state index contributed by atoms with van der Waals surface area (Å²) >= 11 is 0. The Morgan fingerprint density at radius 3 is 2.29 bits per heavy atom. The van der Waals surface area contributed by atoms with E-state index in [9.17, 15) is 14.4 Å². The first kappa shape index (κ1) is 22.7. The summed E-state index contributed by atoms with van der Waals surface area (Å²) in [6, 6.07) is 17.2. The fourth-order valence-corrected chi connectivity index (χ4v) is 3.92. The largest absolute Gasteiger partial charge is 0.368 e. The summed E-state index contributed by atoms with van der Waals surface area (Å²) in [5, 5.41) is 5.71. The van der Waals surface area contributed by atoms with Gasteiger partial charge in [0.25, 0.3) is 5.91 Å². The summed E-state index contributed by atoms with van der Waals surface area (Å²) < 4.78 is 5.48. The second-order valence-corrected chi connectivity index (χ2v) is 8.56. The zero-order valence-electron chi connectivity index (χ0n) is 18.3. The van der Waals surface area contributed by atoms with Crippen LogP contribution in [0.5, 0.6) is 0 Å². The van der Waals surface area contributed by atoms with Gasteiger partial charge >= 0.3 is 0 Å². The number of hydrogen-bond acceptors (Lipinski definition) is 4. The predicted molar refractivity (Wildman–Crippen MR) is 119 cm³/mol. The van der Waals surface area contributed by atoms with Gasteiger partial charge in [0, 0.05) is 5.56 Å². The average Bonchev–Trinajstić information content (AvgIpc) is 3.13. The molecular weight excluding hydrogens is 392 g/mol. The molecule has 3 rings (SSSR count). The molecule has 2 amide bonds. The van der Waals surface area contributed by atoms with Crippen LogP contribution >= 0.6 is 0 Å². The molecule has 1 fully saturated rings. The summed E-state index contributed by atoms with van der Waals surface area (Å²) in [4.78, 5) is 38.3. The Morgan fingerprint density at radius 2 is 1.68 bits per heavy atom. The van der Waals surface area contributed by atoms with Crippen LogP contribution in [0, 0.1) is 0 Å². The SMILES string of the molecule is CC[C@@H]1OCC(=O)C1NC(=O)C(CC(C)(C)c1ccccc1)NC(=O)c1ccccc1. The Kier molecular flexibility index (Phi) is 7.23. The topological polar surface area (TPSA) is 84.5 Å². The molecule has 1 aliphatic rings. The summed E-state index contributed by atoms with van der Waals surface area (Å²) in [6.07, 6.45) is 0.650. The van der Waals surface area contributed by atoms with E-state index in [1.165, 1.54) is 0 Å². The lowest BCUT2D eigenvalue weighted by Crippen LogP contribution is -2.54. The molecule has 2 aromatic carbocycles. The number of carbonyl (C=O) groups is 3. The van der Waals surface area contributed by atoms with Crippen LogP contribution in [0.25, 0.3) is 0 Å². The molecule has 2 aromatic rings. The number of carbonyl (C=O) groups excluding carboxylic acids is 3. The van der Waals surface area contributed by atoms with Crippen molar-refractivity contribution in [3.05, 3.63) is 71.8 Å². The Labute approximate surface area is 183 Å². The zero-order valence-corrected chi connectivity index (χ0v) is 18.3. The van der Waals surface area contributed by atoms with Crippen molar-refractivity contribution in [3.8, 4) is 0 Å². The van der Waals surface area contributed by atoms with E-state index in [1.54, 1.807) is 24.3 Å². The van der Waals surface area contributed by atoms with Crippen molar-refractivity contribution < 1.29 is 19.1 Å². The van der Waals surface area contributed by atoms with Crippen LogP contribution in [0.3, 0.4) is 0 Å². The first-order valence-corrected chi connectivity index (χ1v) is 10.7. The number of amides is 2. The Hall–Kier alpha value is -2.99. The molecular formula is C25H30N2O4. The minimum atomic E-state index is -0.811. The van der Waals surface area contributed by atoms with Crippen LogP contribution < -0.4 is 10.6 Å². The highest BCUT2D eigenvalue weighted by molar-refractivity contribution is 5.99. The summed E-state index contributed by atoms with van der Waals surface area (Å²) in [5.74, 6) is -0.850. The van der Waals surface area contributed by atoms with Crippen molar-refractivity contribution in [2.24, 2.45) is 0 Å². The molecule has 1 heterocycles. The number of benzene rings is 2. The minimum absolute atomic E-state index is 0.00000285. The lowest BCUT2D eigenvalue weighted by molar-refractivity contribution is -0.128. The van der Waals surface area contributed by atoms with Gasteiger partial charge in [-0.25, -0.2) is 0 Å². The zero-order chi connectivity index (χ0) is 22.4. The first-order valence-electron chi connectivity index (χ1n) is 10.7. The summed E-state index contributed by atoms with van der Waals surface area (Å²) in [6.45, 7) is 5.99. The third-order valence-corrected chi connectivity index (χ3v) is 5.79. The second kappa shape index (κ2) is 9.88. The quantitative estimate of drug-likeness (QED) is 0.685. The molecule has 0 aromatic heterocycles. The van der Waals surface area contributed by atoms with E-state index in [1.807, 2.05) is 57.2 Å². The highest BCUT2D eigenvalue weighted by Gasteiger charge is 2.38. The van der Waals surface area contributed by atoms with Gasteiger partial charge in [-0.05, 0) is 36.0 Å². The molecule has 0 radical (unpaired) electrons. The van der Waals surface area contributed by atoms with Crippen LogP contribution in [0.15, 0.2) is 60.7 Å². The number of ether oxygens (including phenoxy) is 1. The van der Waals surface area contributed by atoms with Crippen molar-refractivity contribution in [2.45, 2.75) is 57.2 Å². The van der Waals surface area contributed by atoms with Crippen LogP contribution in [0.2, 0.25) is 0 Å². The number of ketones is 1. The minimum Gasteiger partial charge on any atom is -0.368 e. The third-order valence-electron chi connectivity index (χ3n) is 5.79. The number of Topliss-reactive ketones (excluding diaryl/α,β-unsaturated/α-hetero) is 1. The highest BCUT2D eigenvalue weighted by Crippen LogP contribution is 2.28. The van der Waals surface area contributed by atoms with Gasteiger partial charge in [0.15, 0.2) is 5.78 Å². The predicted octanol–water partition coefficient (Wildman–Crippen LogP) is 3.02. The molecule has 0 saturated carbocycles. The van der Waals surface area contributed by atoms with Crippen molar-refractivity contribution in [3.63, 3.8) is 0 Å². The molecule has 164 valence electrons. The maximum atomic E-state index is 13.2. The number of hydrogen-bond donors (Lipinski definition) is 2. The molecule has 1 saturated heterocycles. The summed E-state index contributed by atoms with van der Waals surface area (Å²) in [7, 11) is 0. The van der Waals surface area contributed by atoms with E-state index in [0.29, 0.717) is 18.4 Å². The van der Waals surface area contributed by atoms with E-state index in [0.717, 1.165) is 5.56 Å². The molecule has 2 N–H and O–H groups in total. The van der Waals surface area contributed by atoms with Crippen LogP contribution in [0.4, 0.5) is 0 Å². The highest BCUT2D eigenvalue weighted by atomic mass is 16.5. The lowest BCUT2D eigenvalue weighted by atomic mass is 9.78. The normalized spacial score (nSPS) is 19.6. The van der Waals surface area contributed by atoms with Crippen LogP contribution in [-0.2, 0) is 19.7 Å². The van der Waals surface area contributed by atoms with Crippen LogP contribution in [-0.4, -0.2) is 42.4 Å². The van der Waals surface area contributed by atoms with Crippen molar-refractivity contribution in [2.75, 3.05) is 6.61 Å². The van der Waals surface area contributed by atoms with E-state index >= 15 is 0 Å². The van der Waals surface area contributed by atoms with E-state index in [2.05, 4.69) is 10.6 Å². The van der Waals surface area contributed by atoms with Crippen molar-refractivity contribution >= 4 is 17.6 Å². The van der Waals surface area contributed by atoms with Gasteiger partial charge in [0.1, 0.15) is 18.7 Å². The molecule has 3 atom stereocenters. The van der Waals surface area contributed by atoms with Gasteiger partial charge in [-0.2, -0.15) is 0 Å². The maximum absolute atomic E-state index is 13.2. The van der Waals surface area contributed by atoms with E-state index in [-0.39, 0.29) is 35.7 Å². The second-order valence-electron chi connectivity index (χ2n) is 8.56. The molecule has 6 heteroatoms. The molecule has 0 spiro atoms. The van der Waals surface area contributed by atoms with E-state index in [4.69, 9.17) is 4.74 Å². The molecule has 6 nitrogen and oxygen atoms in total. The Bertz CT molecular complexity index is 912. The molecule has 31 heavy (non-hydrogen) atoms. The van der Waals surface area contributed by atoms with Gasteiger partial charge < -0.3 is 15.4 Å². The molecule has 0 aliphatic carbocycles. The first-order chi connectivity index (χ1) is 14.8. The fraction of sp³-hybridized carbons (Fsp3) is 0.400. The van der Waals surface area contributed by atoms with Crippen molar-refractivity contribution in [1.29, 1.82) is 0 Å². The van der Waals surface area contributed by atoms with Gasteiger partial charge in [-0.1, -0.05) is 69.3 Å². The van der Waals surface area contributed by atoms with Crippen molar-refractivity contribution in [1.82, 2.24) is 10.6 Å². The monoisotopic (exact) mass is 422 g/mol. The smallest absolute Gasteiger partial charge is 0.251 e. The van der Waals surface area contributed by atoms with E-state index < -0.39 is 12.1 Å². The van der Waals surface area contributed by atoms with Gasteiger partial charge in [0.2, 0.25) is 5.91 Å². The van der Waals surface area contributed by atoms with Gasteiger partial charge in [-0.15, -0.1) is 0 Å². The standard InChI is InChI=1S/C25H30N2O4/c1-4-21-22(20(28)16-31-21)27-24(30)19(26-23(29)17-11-7-5-8-12-17)15-25(2,3)18-13-9-6-10-14-18/h5-14,19,21-22H,4,15-16H2,1-3H3,(H,26,29)(H,27,30)/t19?,21-,22?/m0/s1. The summed E-state index contributed by atoms with van der Waals surface area (Å²) in [5.41, 5.74) is 1.16. The number of nitrogens with one attached hydrogen (secondary N) is 2. The Morgan fingerprint density at radius 1 is 1.06 bits per heavy atom. The van der Waals surface area contributed by atoms with Gasteiger partial charge in [-0.3, -0.25) is 14.4 Å². The fourth-order valence-electron chi connectivity index (χ4n) is 3.92. The average molecular weight is 423 g/mol. The Balaban J connectivity index is 1.82.